The lowest BCUT2D eigenvalue weighted by atomic mass is 10.1. The molecular formula is C25H23ClFN5O2. The van der Waals surface area contributed by atoms with Crippen LogP contribution >= 0.6 is 11.6 Å². The maximum absolute atomic E-state index is 13.5. The minimum atomic E-state index is -0.697. The lowest BCUT2D eigenvalue weighted by molar-refractivity contribution is 0.247. The Morgan fingerprint density at radius 1 is 1.29 bits per heavy atom. The van der Waals surface area contributed by atoms with Gasteiger partial charge in [0.15, 0.2) is 0 Å². The predicted molar refractivity (Wildman–Crippen MR) is 129 cm³/mol. The molecular weight excluding hydrogens is 457 g/mol. The van der Waals surface area contributed by atoms with E-state index in [0.29, 0.717) is 22.8 Å². The monoisotopic (exact) mass is 479 g/mol. The fourth-order valence-corrected chi connectivity index (χ4v) is 4.78. The Hall–Kier alpha value is -3.36. The van der Waals surface area contributed by atoms with Gasteiger partial charge in [0.25, 0.3) is 5.56 Å². The van der Waals surface area contributed by atoms with Gasteiger partial charge in [-0.2, -0.15) is 0 Å². The van der Waals surface area contributed by atoms with E-state index in [9.17, 15) is 14.3 Å². The summed E-state index contributed by atoms with van der Waals surface area (Å²) in [4.78, 5) is 26.5. The van der Waals surface area contributed by atoms with E-state index >= 15 is 0 Å². The van der Waals surface area contributed by atoms with E-state index < -0.39 is 11.9 Å². The number of pyridine rings is 1. The van der Waals surface area contributed by atoms with Crippen LogP contribution in [-0.2, 0) is 0 Å². The van der Waals surface area contributed by atoms with Crippen molar-refractivity contribution in [3.8, 4) is 11.3 Å². The van der Waals surface area contributed by atoms with E-state index in [4.69, 9.17) is 16.6 Å². The molecule has 0 fully saturated rings. The minimum absolute atomic E-state index is 0.0666. The molecule has 174 valence electrons. The molecule has 2 atom stereocenters. The van der Waals surface area contributed by atoms with Crippen LogP contribution in [0, 0.1) is 5.82 Å². The first kappa shape index (κ1) is 22.4. The molecule has 1 aromatic carbocycles. The van der Waals surface area contributed by atoms with E-state index in [1.807, 2.05) is 0 Å². The van der Waals surface area contributed by atoms with Gasteiger partial charge in [0, 0.05) is 29.7 Å². The zero-order valence-electron chi connectivity index (χ0n) is 18.5. The summed E-state index contributed by atoms with van der Waals surface area (Å²) in [5.74, 6) is -0.212. The summed E-state index contributed by atoms with van der Waals surface area (Å²) in [6, 6.07) is 8.47. The van der Waals surface area contributed by atoms with E-state index in [1.165, 1.54) is 40.1 Å². The average molecular weight is 480 g/mol. The standard InChI is InChI=1S/C25H23ClFN5O2/c1-14-24(17-3-2-4-21(17)29-14)31-25-28-9-7-20(30-25)15-8-10-32(23(34)12-15)22(13-33)16-5-6-19(27)18(26)11-16/h5-12,14,22,29,33H,2-4,13H2,1H3/t14?,22-/m1/s1. The molecule has 1 aliphatic carbocycles. The quantitative estimate of drug-likeness (QED) is 0.572. The second-order valence-electron chi connectivity index (χ2n) is 8.45. The molecule has 0 saturated carbocycles. The Bertz CT molecular complexity index is 1380. The third kappa shape index (κ3) is 4.15. The smallest absolute Gasteiger partial charge is 0.251 e. The van der Waals surface area contributed by atoms with Gasteiger partial charge in [-0.3, -0.25) is 4.79 Å². The number of nitrogens with one attached hydrogen (secondary N) is 1. The number of hydrogen-bond acceptors (Lipinski definition) is 6. The largest absolute Gasteiger partial charge is 0.394 e. The first-order valence-corrected chi connectivity index (χ1v) is 11.5. The van der Waals surface area contributed by atoms with Crippen molar-refractivity contribution in [1.82, 2.24) is 19.9 Å². The molecule has 3 aromatic rings. The van der Waals surface area contributed by atoms with Crippen LogP contribution in [-0.4, -0.2) is 38.0 Å². The van der Waals surface area contributed by atoms with Gasteiger partial charge in [-0.25, -0.2) is 19.4 Å². The molecule has 2 aliphatic rings. The number of nitrogens with zero attached hydrogens (tertiary/aromatic N) is 4. The topological polar surface area (TPSA) is 92.4 Å². The van der Waals surface area contributed by atoms with Crippen LogP contribution in [0.15, 0.2) is 69.8 Å². The highest BCUT2D eigenvalue weighted by molar-refractivity contribution is 6.30. The molecule has 9 heteroatoms. The fourth-order valence-electron chi connectivity index (χ4n) is 4.59. The number of aromatic nitrogens is 3. The van der Waals surface area contributed by atoms with Crippen molar-refractivity contribution in [1.29, 1.82) is 0 Å². The van der Waals surface area contributed by atoms with Gasteiger partial charge in [0.1, 0.15) is 5.82 Å². The van der Waals surface area contributed by atoms with Crippen LogP contribution in [0.25, 0.3) is 11.3 Å². The number of rotatable bonds is 5. The summed E-state index contributed by atoms with van der Waals surface area (Å²) in [7, 11) is 0. The number of halogens is 2. The first-order valence-electron chi connectivity index (χ1n) is 11.1. The second kappa shape index (κ2) is 9.12. The predicted octanol–water partition coefficient (Wildman–Crippen LogP) is 4.18. The molecule has 0 saturated heterocycles. The third-order valence-corrected chi connectivity index (χ3v) is 6.56. The third-order valence-electron chi connectivity index (χ3n) is 6.27. The van der Waals surface area contributed by atoms with Crippen LogP contribution in [0.3, 0.4) is 0 Å². The normalized spacial score (nSPS) is 19.4. The number of aliphatic hydroxyl groups is 1. The summed E-state index contributed by atoms with van der Waals surface area (Å²) < 4.78 is 14.9. The zero-order chi connectivity index (χ0) is 23.8. The molecule has 2 N–H and O–H groups in total. The van der Waals surface area contributed by atoms with Crippen LogP contribution in [0.1, 0.15) is 37.8 Å². The van der Waals surface area contributed by atoms with Gasteiger partial charge in [0.2, 0.25) is 5.95 Å². The maximum atomic E-state index is 13.5. The molecule has 0 spiro atoms. The Balaban J connectivity index is 1.45. The van der Waals surface area contributed by atoms with Crippen molar-refractivity contribution in [3.63, 3.8) is 0 Å². The van der Waals surface area contributed by atoms with Gasteiger partial charge < -0.3 is 15.0 Å². The highest BCUT2D eigenvalue weighted by Gasteiger charge is 2.30. The molecule has 3 heterocycles. The lowest BCUT2D eigenvalue weighted by Gasteiger charge is -2.18. The zero-order valence-corrected chi connectivity index (χ0v) is 19.3. The Kier molecular flexibility index (Phi) is 6.02. The SMILES string of the molecule is CC1NC2=C(CCC2)C1=Nc1nccc(-c2ccn([C@H](CO)c3ccc(F)c(Cl)c3)c(=O)c2)n1. The molecule has 7 nitrogen and oxygen atoms in total. The molecule has 0 amide bonds. The summed E-state index contributed by atoms with van der Waals surface area (Å²) in [5.41, 5.74) is 4.89. The van der Waals surface area contributed by atoms with Gasteiger partial charge in [-0.05, 0) is 61.6 Å². The number of allylic oxidation sites excluding steroid dienone is 1. The van der Waals surface area contributed by atoms with Crippen LogP contribution in [0.4, 0.5) is 10.3 Å². The summed E-state index contributed by atoms with van der Waals surface area (Å²) in [6.45, 7) is 1.73. The first-order chi connectivity index (χ1) is 16.4. The van der Waals surface area contributed by atoms with E-state index in [0.717, 1.165) is 25.0 Å². The Labute approximate surface area is 200 Å². The molecule has 1 aliphatic heterocycles. The molecule has 34 heavy (non-hydrogen) atoms. The number of benzene rings is 1. The number of hydrogen-bond donors (Lipinski definition) is 2. The Morgan fingerprint density at radius 3 is 2.91 bits per heavy atom. The summed E-state index contributed by atoms with van der Waals surface area (Å²) >= 11 is 5.89. The summed E-state index contributed by atoms with van der Waals surface area (Å²) in [5, 5.41) is 13.3. The molecule has 0 bridgehead atoms. The molecule has 5 rings (SSSR count). The van der Waals surface area contributed by atoms with Crippen molar-refractivity contribution in [2.45, 2.75) is 38.3 Å². The number of aliphatic hydroxyl groups excluding tert-OH is 1. The van der Waals surface area contributed by atoms with Crippen molar-refractivity contribution in [2.75, 3.05) is 6.61 Å². The average Bonchev–Trinajstić information content (AvgIpc) is 3.39. The minimum Gasteiger partial charge on any atom is -0.394 e. The molecule has 0 radical (unpaired) electrons. The van der Waals surface area contributed by atoms with Gasteiger partial charge >= 0.3 is 0 Å². The Morgan fingerprint density at radius 2 is 2.15 bits per heavy atom. The van der Waals surface area contributed by atoms with E-state index in [1.54, 1.807) is 24.5 Å². The van der Waals surface area contributed by atoms with Crippen LogP contribution < -0.4 is 10.9 Å². The van der Waals surface area contributed by atoms with Gasteiger partial charge in [-0.1, -0.05) is 17.7 Å². The van der Waals surface area contributed by atoms with E-state index in [-0.39, 0.29) is 23.2 Å². The fraction of sp³-hybridized carbons (Fsp3) is 0.280. The molecule has 2 aromatic heterocycles. The van der Waals surface area contributed by atoms with Gasteiger partial charge in [-0.15, -0.1) is 0 Å². The summed E-state index contributed by atoms with van der Waals surface area (Å²) in [6.07, 6.45) is 6.40. The van der Waals surface area contributed by atoms with Crippen LogP contribution in [0.2, 0.25) is 5.02 Å². The van der Waals surface area contributed by atoms with Crippen molar-refractivity contribution >= 4 is 23.3 Å². The van der Waals surface area contributed by atoms with Crippen molar-refractivity contribution in [2.24, 2.45) is 4.99 Å². The number of aliphatic imine (C=N–C) groups is 1. The molecule has 1 unspecified atom stereocenters. The second-order valence-corrected chi connectivity index (χ2v) is 8.86. The lowest BCUT2D eigenvalue weighted by Crippen LogP contribution is -2.27. The van der Waals surface area contributed by atoms with Gasteiger partial charge in [0.05, 0.1) is 35.1 Å². The van der Waals surface area contributed by atoms with E-state index in [2.05, 4.69) is 22.2 Å². The highest BCUT2D eigenvalue weighted by Crippen LogP contribution is 2.32. The van der Waals surface area contributed by atoms with Crippen molar-refractivity contribution in [3.05, 3.63) is 86.8 Å². The van der Waals surface area contributed by atoms with Crippen LogP contribution in [0.5, 0.6) is 0 Å². The maximum Gasteiger partial charge on any atom is 0.251 e. The highest BCUT2D eigenvalue weighted by atomic mass is 35.5. The van der Waals surface area contributed by atoms with Crippen molar-refractivity contribution < 1.29 is 9.50 Å².